The zero-order chi connectivity index (χ0) is 13.1. The van der Waals surface area contributed by atoms with E-state index in [9.17, 15) is 4.79 Å². The number of nitrogens with one attached hydrogen (secondary N) is 1. The Kier molecular flexibility index (Phi) is 9.97. The Morgan fingerprint density at radius 2 is 1.82 bits per heavy atom. The number of aliphatic carboxylic acids is 1. The predicted molar refractivity (Wildman–Crippen MR) is 71.6 cm³/mol. The van der Waals surface area contributed by atoms with Crippen LogP contribution in [0, 0.1) is 0 Å². The molecule has 7 heteroatoms. The van der Waals surface area contributed by atoms with E-state index in [2.05, 4.69) is 5.09 Å². The van der Waals surface area contributed by atoms with Crippen molar-refractivity contribution in [3.63, 3.8) is 0 Å². The van der Waals surface area contributed by atoms with Crippen LogP contribution in [0.25, 0.3) is 0 Å². The fraction of sp³-hybridized carbons (Fsp3) is 0.900. The molecule has 102 valence electrons. The van der Waals surface area contributed by atoms with Crippen molar-refractivity contribution in [3.05, 3.63) is 0 Å². The molecule has 5 nitrogen and oxygen atoms in total. The molecule has 0 aromatic rings. The number of hydrogen-bond donors (Lipinski definition) is 2. The number of carboxylic acids is 1. The average Bonchev–Trinajstić information content (AvgIpc) is 2.23. The first kappa shape index (κ1) is 17.0. The van der Waals surface area contributed by atoms with E-state index in [0.29, 0.717) is 26.2 Å². The van der Waals surface area contributed by atoms with Crippen LogP contribution in [0.5, 0.6) is 0 Å². The van der Waals surface area contributed by atoms with Gasteiger partial charge >= 0.3 is 5.97 Å². The second kappa shape index (κ2) is 9.97. The SMILES string of the molecule is CCOP(=S)(NCCCCCC(=O)O)OCC. The quantitative estimate of drug-likeness (QED) is 0.448. The molecule has 0 amide bonds. The van der Waals surface area contributed by atoms with Crippen molar-refractivity contribution < 1.29 is 18.9 Å². The molecule has 0 aromatic carbocycles. The maximum Gasteiger partial charge on any atom is 0.303 e. The van der Waals surface area contributed by atoms with Crippen LogP contribution in [0.1, 0.15) is 39.5 Å². The standard InChI is InChI=1S/C10H22NO4PS/c1-3-14-16(17,15-4-2)11-9-7-5-6-8-10(12)13/h3-9H2,1-2H3,(H,11,17)(H,12,13). The molecule has 0 radical (unpaired) electrons. The van der Waals surface area contributed by atoms with Gasteiger partial charge < -0.3 is 14.2 Å². The van der Waals surface area contributed by atoms with Gasteiger partial charge in [0.2, 0.25) is 0 Å². The molecular weight excluding hydrogens is 261 g/mol. The molecule has 0 saturated carbocycles. The van der Waals surface area contributed by atoms with Gasteiger partial charge in [0.1, 0.15) is 0 Å². The summed E-state index contributed by atoms with van der Waals surface area (Å²) in [4.78, 5) is 10.3. The summed E-state index contributed by atoms with van der Waals surface area (Å²) in [6.07, 6.45) is 2.67. The van der Waals surface area contributed by atoms with Crippen molar-refractivity contribution in [3.8, 4) is 0 Å². The van der Waals surface area contributed by atoms with Gasteiger partial charge in [-0.3, -0.25) is 4.79 Å². The summed E-state index contributed by atoms with van der Waals surface area (Å²) >= 11 is 5.28. The Morgan fingerprint density at radius 3 is 2.29 bits per heavy atom. The Bertz CT molecular complexity index is 253. The number of unbranched alkanes of at least 4 members (excludes halogenated alkanes) is 2. The number of carbonyl (C=O) groups is 1. The molecule has 0 saturated heterocycles. The van der Waals surface area contributed by atoms with Crippen LogP contribution >= 0.6 is 6.64 Å². The van der Waals surface area contributed by atoms with E-state index >= 15 is 0 Å². The van der Waals surface area contributed by atoms with Gasteiger partial charge in [-0.25, -0.2) is 5.09 Å². The third-order valence-corrected chi connectivity index (χ3v) is 4.80. The van der Waals surface area contributed by atoms with E-state index in [1.165, 1.54) is 0 Å². The molecule has 0 atom stereocenters. The summed E-state index contributed by atoms with van der Waals surface area (Å²) in [7, 11) is 0. The second-order valence-electron chi connectivity index (χ2n) is 3.45. The van der Waals surface area contributed by atoms with Gasteiger partial charge in [-0.15, -0.1) is 0 Å². The molecule has 17 heavy (non-hydrogen) atoms. The number of rotatable bonds is 11. The first-order valence-electron chi connectivity index (χ1n) is 5.90. The van der Waals surface area contributed by atoms with Gasteiger partial charge in [-0.2, -0.15) is 0 Å². The highest BCUT2D eigenvalue weighted by Crippen LogP contribution is 2.43. The highest BCUT2D eigenvalue weighted by atomic mass is 32.5. The van der Waals surface area contributed by atoms with Crippen LogP contribution in [0.2, 0.25) is 0 Å². The van der Waals surface area contributed by atoms with Gasteiger partial charge in [0.25, 0.3) is 6.64 Å². The fourth-order valence-corrected chi connectivity index (χ4v) is 3.54. The van der Waals surface area contributed by atoms with Crippen LogP contribution in [0.3, 0.4) is 0 Å². The van der Waals surface area contributed by atoms with Crippen molar-refractivity contribution in [1.82, 2.24) is 5.09 Å². The van der Waals surface area contributed by atoms with Crippen molar-refractivity contribution >= 4 is 24.4 Å². The smallest absolute Gasteiger partial charge is 0.303 e. The summed E-state index contributed by atoms with van der Waals surface area (Å²) < 4.78 is 10.8. The summed E-state index contributed by atoms with van der Waals surface area (Å²) in [6, 6.07) is 0. The number of carboxylic acid groups (broad SMARTS) is 1. The van der Waals surface area contributed by atoms with Gasteiger partial charge in [-0.05, 0) is 38.5 Å². The molecule has 0 heterocycles. The molecule has 0 aliphatic rings. The predicted octanol–water partition coefficient (Wildman–Crippen LogP) is 2.52. The molecule has 0 bridgehead atoms. The zero-order valence-corrected chi connectivity index (χ0v) is 12.2. The maximum absolute atomic E-state index is 10.3. The minimum atomic E-state index is -2.32. The van der Waals surface area contributed by atoms with Crippen LogP contribution in [-0.4, -0.2) is 30.8 Å². The van der Waals surface area contributed by atoms with Crippen LogP contribution in [0.15, 0.2) is 0 Å². The first-order chi connectivity index (χ1) is 8.04. The van der Waals surface area contributed by atoms with Gasteiger partial charge in [-0.1, -0.05) is 6.42 Å². The summed E-state index contributed by atoms with van der Waals surface area (Å²) in [5, 5.41) is 11.6. The van der Waals surface area contributed by atoms with Gasteiger partial charge in [0.15, 0.2) is 0 Å². The van der Waals surface area contributed by atoms with Crippen molar-refractivity contribution in [2.24, 2.45) is 0 Å². The van der Waals surface area contributed by atoms with E-state index in [4.69, 9.17) is 26.0 Å². The minimum Gasteiger partial charge on any atom is -0.481 e. The summed E-state index contributed by atoms with van der Waals surface area (Å²) in [5.41, 5.74) is 0. The monoisotopic (exact) mass is 283 g/mol. The van der Waals surface area contributed by atoms with E-state index in [1.807, 2.05) is 13.8 Å². The Labute approximate surface area is 108 Å². The van der Waals surface area contributed by atoms with Crippen LogP contribution in [-0.2, 0) is 25.6 Å². The normalized spacial score (nSPS) is 11.6. The molecule has 0 spiro atoms. The maximum atomic E-state index is 10.3. The third kappa shape index (κ3) is 9.68. The number of hydrogen-bond acceptors (Lipinski definition) is 4. The molecule has 2 N–H and O–H groups in total. The molecule has 0 fully saturated rings. The first-order valence-corrected chi connectivity index (χ1v) is 8.54. The lowest BCUT2D eigenvalue weighted by atomic mass is 10.2. The third-order valence-electron chi connectivity index (χ3n) is 1.97. The molecule has 0 aromatic heterocycles. The zero-order valence-electron chi connectivity index (χ0n) is 10.5. The van der Waals surface area contributed by atoms with Gasteiger partial charge in [0.05, 0.1) is 13.2 Å². The van der Waals surface area contributed by atoms with Crippen molar-refractivity contribution in [1.29, 1.82) is 0 Å². The lowest BCUT2D eigenvalue weighted by Crippen LogP contribution is -2.16. The molecular formula is C10H22NO4PS. The summed E-state index contributed by atoms with van der Waals surface area (Å²) in [6.45, 7) is 3.21. The van der Waals surface area contributed by atoms with Crippen molar-refractivity contribution in [2.75, 3.05) is 19.8 Å². The van der Waals surface area contributed by atoms with E-state index < -0.39 is 12.6 Å². The topological polar surface area (TPSA) is 67.8 Å². The van der Waals surface area contributed by atoms with Crippen molar-refractivity contribution in [2.45, 2.75) is 39.5 Å². The van der Waals surface area contributed by atoms with E-state index in [0.717, 1.165) is 12.8 Å². The molecule has 0 rings (SSSR count). The second-order valence-corrected chi connectivity index (χ2v) is 6.72. The Morgan fingerprint density at radius 1 is 1.24 bits per heavy atom. The highest BCUT2D eigenvalue weighted by molar-refractivity contribution is 8.08. The van der Waals surface area contributed by atoms with Crippen LogP contribution in [0.4, 0.5) is 0 Å². The lowest BCUT2D eigenvalue weighted by Gasteiger charge is -2.21. The van der Waals surface area contributed by atoms with E-state index in [-0.39, 0.29) is 6.42 Å². The Hall–Kier alpha value is -0.0000000000000000763. The van der Waals surface area contributed by atoms with E-state index in [1.54, 1.807) is 0 Å². The fourth-order valence-electron chi connectivity index (χ4n) is 1.26. The molecule has 0 aliphatic carbocycles. The van der Waals surface area contributed by atoms with Crippen LogP contribution < -0.4 is 5.09 Å². The largest absolute Gasteiger partial charge is 0.481 e. The highest BCUT2D eigenvalue weighted by Gasteiger charge is 2.16. The van der Waals surface area contributed by atoms with Gasteiger partial charge in [0, 0.05) is 13.0 Å². The molecule has 0 unspecified atom stereocenters. The Balaban J connectivity index is 3.68. The minimum absolute atomic E-state index is 0.227. The lowest BCUT2D eigenvalue weighted by molar-refractivity contribution is -0.137. The summed E-state index contributed by atoms with van der Waals surface area (Å²) in [5.74, 6) is -0.744. The average molecular weight is 283 g/mol. The molecule has 0 aliphatic heterocycles.